The Hall–Kier alpha value is -2.48. The first-order valence-corrected chi connectivity index (χ1v) is 8.60. The Morgan fingerprint density at radius 1 is 1.04 bits per heavy atom. The van der Waals surface area contributed by atoms with Crippen LogP contribution in [-0.2, 0) is 9.59 Å². The Bertz CT molecular complexity index is 813. The van der Waals surface area contributed by atoms with Gasteiger partial charge in [-0.15, -0.1) is 11.8 Å². The summed E-state index contributed by atoms with van der Waals surface area (Å²) in [5.74, 6) is -5.65. The number of thioether (sulfide) groups is 1. The van der Waals surface area contributed by atoms with Crippen molar-refractivity contribution in [2.45, 2.75) is 24.0 Å². The number of rotatable bonds is 6. The van der Waals surface area contributed by atoms with E-state index in [4.69, 9.17) is 0 Å². The minimum Gasteiger partial charge on any atom is -0.346 e. The molecule has 0 aliphatic heterocycles. The third kappa shape index (κ3) is 5.26. The van der Waals surface area contributed by atoms with Crippen LogP contribution in [0.5, 0.6) is 0 Å². The molecule has 0 spiro atoms. The molecule has 0 unspecified atom stereocenters. The van der Waals surface area contributed by atoms with Crippen LogP contribution in [0.25, 0.3) is 0 Å². The fourth-order valence-corrected chi connectivity index (χ4v) is 2.89. The van der Waals surface area contributed by atoms with Gasteiger partial charge < -0.3 is 10.6 Å². The number of carbonyl (C=O) groups excluding carboxylic acids is 2. The molecule has 1 atom stereocenters. The number of carbonyl (C=O) groups is 2. The number of nitrogens with one attached hydrogen (secondary N) is 2. The maximum absolute atomic E-state index is 13.5. The fourth-order valence-electron chi connectivity index (χ4n) is 2.00. The molecule has 2 rings (SSSR count). The molecule has 0 radical (unpaired) electrons. The molecule has 2 amide bonds. The molecule has 2 N–H and O–H groups in total. The van der Waals surface area contributed by atoms with Crippen LogP contribution in [0.4, 0.5) is 18.9 Å². The minimum absolute atomic E-state index is 0.378. The molecule has 0 fully saturated rings. The van der Waals surface area contributed by atoms with Crippen molar-refractivity contribution < 1.29 is 22.8 Å². The summed E-state index contributed by atoms with van der Waals surface area (Å²) < 4.78 is 39.5. The number of anilines is 1. The van der Waals surface area contributed by atoms with E-state index in [2.05, 4.69) is 10.6 Å². The van der Waals surface area contributed by atoms with Crippen molar-refractivity contribution in [3.63, 3.8) is 0 Å². The van der Waals surface area contributed by atoms with Crippen molar-refractivity contribution >= 4 is 29.3 Å². The van der Waals surface area contributed by atoms with Gasteiger partial charge in [0.25, 0.3) is 0 Å². The first-order chi connectivity index (χ1) is 12.3. The standard InChI is InChI=1S/C18H17F3N2O2S/c1-10-3-5-12(6-4-10)26-11(2)18(25)22-9-15(24)23-14-8-7-13(19)16(20)17(14)21/h3-8,11H,9H2,1-2H3,(H,22,25)(H,23,24)/t11-/m0/s1. The van der Waals surface area contributed by atoms with Gasteiger partial charge in [-0.2, -0.15) is 0 Å². The van der Waals surface area contributed by atoms with Gasteiger partial charge in [-0.25, -0.2) is 13.2 Å². The molecule has 0 saturated heterocycles. The molecule has 0 aliphatic carbocycles. The zero-order chi connectivity index (χ0) is 19.3. The summed E-state index contributed by atoms with van der Waals surface area (Å²) in [5.41, 5.74) is 0.609. The molecule has 0 bridgehead atoms. The Morgan fingerprint density at radius 2 is 1.69 bits per heavy atom. The van der Waals surface area contributed by atoms with Crippen LogP contribution in [0, 0.1) is 24.4 Å². The smallest absolute Gasteiger partial charge is 0.243 e. The van der Waals surface area contributed by atoms with Crippen molar-refractivity contribution in [3.8, 4) is 0 Å². The molecule has 2 aromatic carbocycles. The predicted octanol–water partition coefficient (Wildman–Crippen LogP) is 3.65. The molecule has 0 saturated carbocycles. The van der Waals surface area contributed by atoms with E-state index in [-0.39, 0.29) is 5.91 Å². The van der Waals surface area contributed by atoms with Gasteiger partial charge in [-0.05, 0) is 38.1 Å². The molecular formula is C18H17F3N2O2S. The summed E-state index contributed by atoms with van der Waals surface area (Å²) in [6.07, 6.45) is 0. The molecule has 8 heteroatoms. The van der Waals surface area contributed by atoms with Crippen LogP contribution in [0.1, 0.15) is 12.5 Å². The lowest BCUT2D eigenvalue weighted by atomic mass is 10.2. The van der Waals surface area contributed by atoms with Gasteiger partial charge in [0, 0.05) is 4.90 Å². The predicted molar refractivity (Wildman–Crippen MR) is 94.5 cm³/mol. The maximum Gasteiger partial charge on any atom is 0.243 e. The number of hydrogen-bond acceptors (Lipinski definition) is 3. The number of aryl methyl sites for hydroxylation is 1. The summed E-state index contributed by atoms with van der Waals surface area (Å²) in [6.45, 7) is 3.22. The second kappa shape index (κ2) is 8.75. The molecule has 0 aromatic heterocycles. The van der Waals surface area contributed by atoms with Crippen molar-refractivity contribution in [1.29, 1.82) is 0 Å². The normalized spacial score (nSPS) is 11.7. The summed E-state index contributed by atoms with van der Waals surface area (Å²) in [4.78, 5) is 24.7. The Balaban J connectivity index is 1.85. The van der Waals surface area contributed by atoms with E-state index in [0.717, 1.165) is 16.5 Å². The average Bonchev–Trinajstić information content (AvgIpc) is 2.62. The largest absolute Gasteiger partial charge is 0.346 e. The molecular weight excluding hydrogens is 365 g/mol. The van der Waals surface area contributed by atoms with Crippen LogP contribution in [-0.4, -0.2) is 23.6 Å². The van der Waals surface area contributed by atoms with Gasteiger partial charge in [0.15, 0.2) is 17.5 Å². The van der Waals surface area contributed by atoms with Gasteiger partial charge >= 0.3 is 0 Å². The van der Waals surface area contributed by atoms with Crippen molar-refractivity contribution in [2.24, 2.45) is 0 Å². The van der Waals surface area contributed by atoms with Crippen LogP contribution >= 0.6 is 11.8 Å². The van der Waals surface area contributed by atoms with Gasteiger partial charge in [0.2, 0.25) is 11.8 Å². The highest BCUT2D eigenvalue weighted by Gasteiger charge is 2.17. The van der Waals surface area contributed by atoms with Crippen LogP contribution in [0.3, 0.4) is 0 Å². The monoisotopic (exact) mass is 382 g/mol. The Labute approximate surface area is 153 Å². The topological polar surface area (TPSA) is 58.2 Å². The zero-order valence-electron chi connectivity index (χ0n) is 14.1. The quantitative estimate of drug-likeness (QED) is 0.592. The van der Waals surface area contributed by atoms with E-state index in [9.17, 15) is 22.8 Å². The van der Waals surface area contributed by atoms with Crippen LogP contribution in [0.15, 0.2) is 41.3 Å². The Kier molecular flexibility index (Phi) is 6.68. The second-order valence-corrected chi connectivity index (χ2v) is 6.98. The maximum atomic E-state index is 13.5. The van der Waals surface area contributed by atoms with Crippen molar-refractivity contribution in [2.75, 3.05) is 11.9 Å². The SMILES string of the molecule is Cc1ccc(S[C@@H](C)C(=O)NCC(=O)Nc2ccc(F)c(F)c2F)cc1. The number of amides is 2. The second-order valence-electron chi connectivity index (χ2n) is 5.56. The van der Waals surface area contributed by atoms with E-state index in [0.29, 0.717) is 6.07 Å². The van der Waals surface area contributed by atoms with Crippen molar-refractivity contribution in [3.05, 3.63) is 59.4 Å². The van der Waals surface area contributed by atoms with E-state index >= 15 is 0 Å². The highest BCUT2D eigenvalue weighted by Crippen LogP contribution is 2.23. The lowest BCUT2D eigenvalue weighted by molar-refractivity contribution is -0.123. The van der Waals surface area contributed by atoms with Crippen LogP contribution < -0.4 is 10.6 Å². The third-order valence-electron chi connectivity index (χ3n) is 3.44. The Morgan fingerprint density at radius 3 is 2.35 bits per heavy atom. The summed E-state index contributed by atoms with van der Waals surface area (Å²) >= 11 is 1.33. The van der Waals surface area contributed by atoms with Gasteiger partial charge in [-0.3, -0.25) is 9.59 Å². The highest BCUT2D eigenvalue weighted by atomic mass is 32.2. The first-order valence-electron chi connectivity index (χ1n) is 7.72. The molecule has 0 heterocycles. The number of benzene rings is 2. The number of hydrogen-bond donors (Lipinski definition) is 2. The van der Waals surface area contributed by atoms with E-state index in [1.54, 1.807) is 6.92 Å². The highest BCUT2D eigenvalue weighted by molar-refractivity contribution is 8.00. The lowest BCUT2D eigenvalue weighted by Crippen LogP contribution is -2.37. The first kappa shape index (κ1) is 19.8. The third-order valence-corrected chi connectivity index (χ3v) is 4.55. The van der Waals surface area contributed by atoms with E-state index < -0.39 is 40.8 Å². The lowest BCUT2D eigenvalue weighted by Gasteiger charge is -2.12. The number of halogens is 3. The van der Waals surface area contributed by atoms with E-state index in [1.165, 1.54) is 11.8 Å². The summed E-state index contributed by atoms with van der Waals surface area (Å²) in [6, 6.07) is 9.24. The average molecular weight is 382 g/mol. The zero-order valence-corrected chi connectivity index (χ0v) is 14.9. The minimum atomic E-state index is -1.67. The molecule has 138 valence electrons. The molecule has 4 nitrogen and oxygen atoms in total. The van der Waals surface area contributed by atoms with Gasteiger partial charge in [0.1, 0.15) is 0 Å². The summed E-state index contributed by atoms with van der Waals surface area (Å²) in [5, 5.41) is 4.05. The van der Waals surface area contributed by atoms with Crippen LogP contribution in [0.2, 0.25) is 0 Å². The molecule has 0 aliphatic rings. The fraction of sp³-hybridized carbons (Fsp3) is 0.222. The van der Waals surface area contributed by atoms with Crippen molar-refractivity contribution in [1.82, 2.24) is 5.32 Å². The van der Waals surface area contributed by atoms with Gasteiger partial charge in [0.05, 0.1) is 17.5 Å². The summed E-state index contributed by atoms with van der Waals surface area (Å²) in [7, 11) is 0. The molecule has 2 aromatic rings. The molecule has 26 heavy (non-hydrogen) atoms. The van der Waals surface area contributed by atoms with E-state index in [1.807, 2.05) is 31.2 Å². The van der Waals surface area contributed by atoms with Gasteiger partial charge in [-0.1, -0.05) is 17.7 Å².